The van der Waals surface area contributed by atoms with Crippen LogP contribution in [0.3, 0.4) is 0 Å². The Bertz CT molecular complexity index is 479. The molecule has 0 saturated heterocycles. The average Bonchev–Trinajstić information content (AvgIpc) is 3.02. The van der Waals surface area contributed by atoms with E-state index in [0.29, 0.717) is 5.92 Å². The number of hydrogen-bond donors (Lipinski definition) is 2. The van der Waals surface area contributed by atoms with Crippen LogP contribution in [-0.4, -0.2) is 43.3 Å². The molecular weight excluding hydrogens is 447 g/mol. The van der Waals surface area contributed by atoms with Crippen LogP contribution in [0.15, 0.2) is 11.2 Å². The third-order valence-corrected chi connectivity index (χ3v) is 4.93. The molecule has 7 heteroatoms. The van der Waals surface area contributed by atoms with Crippen LogP contribution < -0.4 is 10.6 Å². The molecule has 1 rings (SSSR count). The molecule has 1 aromatic rings. The summed E-state index contributed by atoms with van der Waals surface area (Å²) >= 11 is 1.80. The summed E-state index contributed by atoms with van der Waals surface area (Å²) in [5.74, 6) is 1.40. The van der Waals surface area contributed by atoms with Gasteiger partial charge in [0.1, 0.15) is 0 Å². The van der Waals surface area contributed by atoms with Crippen LogP contribution in [0.1, 0.15) is 50.9 Å². The normalized spacial score (nSPS) is 12.8. The van der Waals surface area contributed by atoms with Crippen molar-refractivity contribution in [3.63, 3.8) is 0 Å². The van der Waals surface area contributed by atoms with Crippen LogP contribution in [0, 0.1) is 5.92 Å². The summed E-state index contributed by atoms with van der Waals surface area (Å²) in [6.07, 6.45) is 5.21. The van der Waals surface area contributed by atoms with Crippen molar-refractivity contribution in [3.05, 3.63) is 16.1 Å². The van der Waals surface area contributed by atoms with E-state index in [0.717, 1.165) is 51.5 Å². The molecule has 0 aliphatic rings. The molecule has 2 N–H and O–H groups in total. The number of halogens is 1. The van der Waals surface area contributed by atoms with Gasteiger partial charge in [0.25, 0.3) is 0 Å². The molecule has 1 unspecified atom stereocenters. The van der Waals surface area contributed by atoms with Crippen LogP contribution in [0.5, 0.6) is 0 Å². The lowest BCUT2D eigenvalue weighted by Gasteiger charge is -2.20. The Labute approximate surface area is 174 Å². The first-order chi connectivity index (χ1) is 11.6. The van der Waals surface area contributed by atoms with E-state index in [4.69, 9.17) is 4.74 Å². The topological polar surface area (TPSA) is 58.5 Å². The number of guanidine groups is 1. The number of rotatable bonds is 11. The second-order valence-electron chi connectivity index (χ2n) is 6.04. The van der Waals surface area contributed by atoms with Gasteiger partial charge in [0.15, 0.2) is 5.96 Å². The number of thiazole rings is 1. The number of aryl methyl sites for hydroxylation is 1. The molecule has 0 bridgehead atoms. The molecule has 146 valence electrons. The van der Waals surface area contributed by atoms with Crippen molar-refractivity contribution in [1.29, 1.82) is 0 Å². The Kier molecular flexibility index (Phi) is 14.5. The van der Waals surface area contributed by atoms with Gasteiger partial charge in [0.2, 0.25) is 0 Å². The molecule has 0 amide bonds. The monoisotopic (exact) mass is 482 g/mol. The molecular formula is C18H35IN4OS. The maximum Gasteiger partial charge on any atom is 0.191 e. The van der Waals surface area contributed by atoms with Gasteiger partial charge in [-0.15, -0.1) is 35.3 Å². The molecule has 0 fully saturated rings. The first-order valence-corrected chi connectivity index (χ1v) is 9.99. The van der Waals surface area contributed by atoms with Crippen molar-refractivity contribution in [2.75, 3.05) is 26.2 Å². The predicted octanol–water partition coefficient (Wildman–Crippen LogP) is 3.87. The van der Waals surface area contributed by atoms with Gasteiger partial charge in [-0.1, -0.05) is 20.8 Å². The van der Waals surface area contributed by atoms with Crippen LogP contribution >= 0.6 is 35.3 Å². The second kappa shape index (κ2) is 14.7. The average molecular weight is 482 g/mol. The van der Waals surface area contributed by atoms with E-state index in [2.05, 4.69) is 48.3 Å². The zero-order valence-corrected chi connectivity index (χ0v) is 19.4. The first-order valence-electron chi connectivity index (χ1n) is 9.17. The lowest BCUT2D eigenvalue weighted by Crippen LogP contribution is -2.38. The number of aromatic nitrogens is 1. The minimum absolute atomic E-state index is 0. The molecule has 1 atom stereocenters. The number of aliphatic imine (C=N–C) groups is 1. The van der Waals surface area contributed by atoms with Crippen molar-refractivity contribution in [2.24, 2.45) is 10.9 Å². The van der Waals surface area contributed by atoms with Gasteiger partial charge in [0.05, 0.1) is 11.1 Å². The van der Waals surface area contributed by atoms with Crippen LogP contribution in [0.25, 0.3) is 0 Å². The number of hydrogen-bond acceptors (Lipinski definition) is 4. The molecule has 0 radical (unpaired) electrons. The highest BCUT2D eigenvalue weighted by Gasteiger charge is 2.12. The standard InChI is InChI=1S/C18H34N4OS.HI/c1-6-15-13-22-17(24-15)10-12-21-18(19-7-2)20-11-9-16(14(4)5)23-8-3;/h13-14,16H,6-12H2,1-5H3,(H2,19,20,21);1H. The summed E-state index contributed by atoms with van der Waals surface area (Å²) in [7, 11) is 0. The Morgan fingerprint density at radius 1 is 1.28 bits per heavy atom. The van der Waals surface area contributed by atoms with E-state index in [1.807, 2.05) is 13.1 Å². The van der Waals surface area contributed by atoms with Crippen molar-refractivity contribution in [2.45, 2.75) is 60.0 Å². The van der Waals surface area contributed by atoms with Gasteiger partial charge in [-0.2, -0.15) is 0 Å². The van der Waals surface area contributed by atoms with Crippen LogP contribution in [0.2, 0.25) is 0 Å². The predicted molar refractivity (Wildman–Crippen MR) is 119 cm³/mol. The Balaban J connectivity index is 0.00000576. The van der Waals surface area contributed by atoms with Crippen molar-refractivity contribution in [3.8, 4) is 0 Å². The van der Waals surface area contributed by atoms with Gasteiger partial charge >= 0.3 is 0 Å². The molecule has 1 heterocycles. The highest BCUT2D eigenvalue weighted by atomic mass is 127. The maximum atomic E-state index is 5.78. The summed E-state index contributed by atoms with van der Waals surface area (Å²) in [4.78, 5) is 10.5. The Morgan fingerprint density at radius 2 is 2.04 bits per heavy atom. The zero-order valence-electron chi connectivity index (χ0n) is 16.3. The SMILES string of the molecule is CCNC(=NCCC(OCC)C(C)C)NCCc1ncc(CC)s1.I. The van der Waals surface area contributed by atoms with E-state index < -0.39 is 0 Å². The highest BCUT2D eigenvalue weighted by Crippen LogP contribution is 2.13. The minimum atomic E-state index is 0. The first kappa shape index (κ1) is 24.6. The molecule has 0 aliphatic heterocycles. The van der Waals surface area contributed by atoms with E-state index in [1.54, 1.807) is 11.3 Å². The minimum Gasteiger partial charge on any atom is -0.378 e. The fourth-order valence-corrected chi connectivity index (χ4v) is 3.25. The molecule has 5 nitrogen and oxygen atoms in total. The second-order valence-corrected chi connectivity index (χ2v) is 7.24. The maximum absolute atomic E-state index is 5.78. The Morgan fingerprint density at radius 3 is 2.60 bits per heavy atom. The number of nitrogens with zero attached hydrogens (tertiary/aromatic N) is 2. The van der Waals surface area contributed by atoms with E-state index in [-0.39, 0.29) is 30.1 Å². The van der Waals surface area contributed by atoms with E-state index in [1.165, 1.54) is 9.88 Å². The van der Waals surface area contributed by atoms with Gasteiger partial charge in [0, 0.05) is 43.7 Å². The lowest BCUT2D eigenvalue weighted by molar-refractivity contribution is 0.0266. The quantitative estimate of drug-likeness (QED) is 0.286. The largest absolute Gasteiger partial charge is 0.378 e. The van der Waals surface area contributed by atoms with Crippen molar-refractivity contribution in [1.82, 2.24) is 15.6 Å². The molecule has 0 saturated carbocycles. The summed E-state index contributed by atoms with van der Waals surface area (Å²) in [6.45, 7) is 13.9. The van der Waals surface area contributed by atoms with Crippen molar-refractivity contribution < 1.29 is 4.74 Å². The zero-order chi connectivity index (χ0) is 17.8. The highest BCUT2D eigenvalue weighted by molar-refractivity contribution is 14.0. The summed E-state index contributed by atoms with van der Waals surface area (Å²) in [5.41, 5.74) is 0. The molecule has 0 spiro atoms. The molecule has 0 aliphatic carbocycles. The molecule has 0 aromatic carbocycles. The molecule has 25 heavy (non-hydrogen) atoms. The molecule has 1 aromatic heterocycles. The van der Waals surface area contributed by atoms with Gasteiger partial charge in [-0.25, -0.2) is 4.98 Å². The fourth-order valence-electron chi connectivity index (χ4n) is 2.38. The van der Waals surface area contributed by atoms with Crippen LogP contribution in [0.4, 0.5) is 0 Å². The summed E-state index contributed by atoms with van der Waals surface area (Å²) < 4.78 is 5.78. The number of ether oxygens (including phenoxy) is 1. The van der Waals surface area contributed by atoms with E-state index in [9.17, 15) is 0 Å². The van der Waals surface area contributed by atoms with Crippen molar-refractivity contribution >= 4 is 41.3 Å². The third-order valence-electron chi connectivity index (χ3n) is 3.73. The van der Waals surface area contributed by atoms with Gasteiger partial charge in [-0.3, -0.25) is 4.99 Å². The van der Waals surface area contributed by atoms with Gasteiger partial charge in [-0.05, 0) is 32.6 Å². The Hall–Kier alpha value is -0.410. The number of nitrogens with one attached hydrogen (secondary N) is 2. The summed E-state index contributed by atoms with van der Waals surface area (Å²) in [5, 5.41) is 7.88. The lowest BCUT2D eigenvalue weighted by atomic mass is 10.0. The van der Waals surface area contributed by atoms with Crippen LogP contribution in [-0.2, 0) is 17.6 Å². The fraction of sp³-hybridized carbons (Fsp3) is 0.778. The third kappa shape index (κ3) is 10.4. The van der Waals surface area contributed by atoms with Gasteiger partial charge < -0.3 is 15.4 Å². The smallest absolute Gasteiger partial charge is 0.191 e. The van der Waals surface area contributed by atoms with E-state index >= 15 is 0 Å². The summed E-state index contributed by atoms with van der Waals surface area (Å²) in [6, 6.07) is 0.